The number of amides is 2. The number of carbonyl (C=O) groups excluding carboxylic acids is 2. The molecule has 7 nitrogen and oxygen atoms in total. The van der Waals surface area contributed by atoms with Gasteiger partial charge in [-0.15, -0.1) is 0 Å². The van der Waals surface area contributed by atoms with Gasteiger partial charge in [-0.25, -0.2) is 0 Å². The normalized spacial score (nSPS) is 17.1. The molecule has 1 fully saturated rings. The summed E-state index contributed by atoms with van der Waals surface area (Å²) >= 11 is 0. The molecule has 0 unspecified atom stereocenters. The molecule has 4 rings (SSSR count). The number of hydrogen-bond acceptors (Lipinski definition) is 4. The molecule has 154 valence electrons. The molecule has 0 saturated carbocycles. The molecule has 1 aromatic carbocycles. The van der Waals surface area contributed by atoms with Gasteiger partial charge in [0.2, 0.25) is 5.91 Å². The van der Waals surface area contributed by atoms with E-state index in [1.165, 1.54) is 0 Å². The number of rotatable bonds is 5. The van der Waals surface area contributed by atoms with Crippen molar-refractivity contribution in [2.24, 2.45) is 5.92 Å². The van der Waals surface area contributed by atoms with Gasteiger partial charge in [0.25, 0.3) is 5.91 Å². The van der Waals surface area contributed by atoms with Crippen molar-refractivity contribution >= 4 is 11.8 Å². The van der Waals surface area contributed by atoms with Gasteiger partial charge in [-0.05, 0) is 42.2 Å². The van der Waals surface area contributed by atoms with E-state index < -0.39 is 0 Å². The van der Waals surface area contributed by atoms with Gasteiger partial charge in [-0.1, -0.05) is 30.3 Å². The highest BCUT2D eigenvalue weighted by Crippen LogP contribution is 2.22. The third-order valence-corrected chi connectivity index (χ3v) is 5.57. The number of aromatic nitrogens is 3. The predicted molar refractivity (Wildman–Crippen MR) is 114 cm³/mol. The van der Waals surface area contributed by atoms with Crippen molar-refractivity contribution in [2.45, 2.75) is 13.3 Å². The summed E-state index contributed by atoms with van der Waals surface area (Å²) in [6.45, 7) is 4.09. The van der Waals surface area contributed by atoms with E-state index in [2.05, 4.69) is 39.4 Å². The van der Waals surface area contributed by atoms with Crippen LogP contribution in [0.4, 0.5) is 0 Å². The van der Waals surface area contributed by atoms with Crippen molar-refractivity contribution in [3.05, 3.63) is 72.3 Å². The number of nitrogens with zero attached hydrogens (tertiary/aromatic N) is 4. The minimum Gasteiger partial charge on any atom is -0.341 e. The molecule has 0 bridgehead atoms. The molecule has 2 aromatic heterocycles. The second-order valence-corrected chi connectivity index (χ2v) is 7.48. The number of aromatic amines is 1. The molecule has 1 aliphatic rings. The van der Waals surface area contributed by atoms with E-state index >= 15 is 0 Å². The lowest BCUT2D eigenvalue weighted by Gasteiger charge is -2.23. The second kappa shape index (κ2) is 8.90. The lowest BCUT2D eigenvalue weighted by molar-refractivity contribution is -0.134. The van der Waals surface area contributed by atoms with Gasteiger partial charge in [0.05, 0.1) is 5.92 Å². The van der Waals surface area contributed by atoms with Crippen LogP contribution in [-0.4, -0.2) is 63.0 Å². The quantitative estimate of drug-likeness (QED) is 0.710. The minimum absolute atomic E-state index is 0.105. The molecule has 3 heterocycles. The van der Waals surface area contributed by atoms with Crippen LogP contribution in [0.15, 0.2) is 61.1 Å². The van der Waals surface area contributed by atoms with E-state index in [0.29, 0.717) is 38.3 Å². The van der Waals surface area contributed by atoms with Gasteiger partial charge < -0.3 is 9.80 Å². The fourth-order valence-corrected chi connectivity index (χ4v) is 3.89. The van der Waals surface area contributed by atoms with Crippen molar-refractivity contribution in [3.63, 3.8) is 0 Å². The van der Waals surface area contributed by atoms with Gasteiger partial charge in [-0.3, -0.25) is 19.7 Å². The summed E-state index contributed by atoms with van der Waals surface area (Å²) in [7, 11) is 0. The van der Waals surface area contributed by atoms with Crippen molar-refractivity contribution in [3.8, 4) is 11.1 Å². The van der Waals surface area contributed by atoms with Gasteiger partial charge in [-0.2, -0.15) is 5.10 Å². The smallest absolute Gasteiger partial charge is 0.271 e. The maximum Gasteiger partial charge on any atom is 0.271 e. The highest BCUT2D eigenvalue weighted by molar-refractivity contribution is 5.93. The van der Waals surface area contributed by atoms with Crippen LogP contribution in [0.25, 0.3) is 11.1 Å². The predicted octanol–water partition coefficient (Wildman–Crippen LogP) is 2.63. The molecule has 7 heteroatoms. The third-order valence-electron chi connectivity index (χ3n) is 5.57. The SMILES string of the molecule is CCN1CCN(C(=O)c2ccn[nH]2)C[C@H](Cc2ccc(-c3cccnc3)cc2)C1=O. The maximum atomic E-state index is 13.1. The summed E-state index contributed by atoms with van der Waals surface area (Å²) < 4.78 is 0. The Morgan fingerprint density at radius 1 is 1.10 bits per heavy atom. The first kappa shape index (κ1) is 19.8. The summed E-state index contributed by atoms with van der Waals surface area (Å²) in [5.74, 6) is -0.285. The summed E-state index contributed by atoms with van der Waals surface area (Å²) in [5.41, 5.74) is 3.67. The standard InChI is InChI=1S/C23H25N5O2/c1-2-27-12-13-28(23(30)21-9-11-25-26-21)16-20(22(27)29)14-17-5-7-18(8-6-17)19-4-3-10-24-15-19/h3-11,15,20H,2,12-14,16H2,1H3,(H,25,26)/t20-/m0/s1. The number of benzene rings is 1. The third kappa shape index (κ3) is 4.25. The molecule has 30 heavy (non-hydrogen) atoms. The Morgan fingerprint density at radius 2 is 1.93 bits per heavy atom. The zero-order chi connectivity index (χ0) is 20.9. The maximum absolute atomic E-state index is 13.1. The Morgan fingerprint density at radius 3 is 2.60 bits per heavy atom. The van der Waals surface area contributed by atoms with Crippen LogP contribution >= 0.6 is 0 Å². The van der Waals surface area contributed by atoms with Crippen LogP contribution in [0.5, 0.6) is 0 Å². The first-order chi connectivity index (χ1) is 14.7. The number of carbonyl (C=O) groups is 2. The number of H-pyrrole nitrogens is 1. The van der Waals surface area contributed by atoms with Crippen molar-refractivity contribution in [1.82, 2.24) is 25.0 Å². The number of nitrogens with one attached hydrogen (secondary N) is 1. The average molecular weight is 403 g/mol. The fourth-order valence-electron chi connectivity index (χ4n) is 3.89. The Kier molecular flexibility index (Phi) is 5.88. The number of pyridine rings is 1. The van der Waals surface area contributed by atoms with Crippen LogP contribution < -0.4 is 0 Å². The highest BCUT2D eigenvalue weighted by Gasteiger charge is 2.32. The Hall–Kier alpha value is -3.48. The zero-order valence-corrected chi connectivity index (χ0v) is 17.0. The average Bonchev–Trinajstić information content (AvgIpc) is 3.28. The van der Waals surface area contributed by atoms with Gasteiger partial charge in [0, 0.05) is 44.8 Å². The van der Waals surface area contributed by atoms with E-state index in [1.807, 2.05) is 30.2 Å². The van der Waals surface area contributed by atoms with Crippen LogP contribution in [-0.2, 0) is 11.2 Å². The van der Waals surface area contributed by atoms with Gasteiger partial charge in [0.1, 0.15) is 5.69 Å². The molecule has 3 aromatic rings. The summed E-state index contributed by atoms with van der Waals surface area (Å²) in [6.07, 6.45) is 5.75. The van der Waals surface area contributed by atoms with Crippen LogP contribution in [0, 0.1) is 5.92 Å². The molecule has 0 aliphatic carbocycles. The monoisotopic (exact) mass is 403 g/mol. The van der Waals surface area contributed by atoms with Crippen LogP contribution in [0.1, 0.15) is 23.0 Å². The molecular formula is C23H25N5O2. The Labute approximate surface area is 175 Å². The van der Waals surface area contributed by atoms with Crippen molar-refractivity contribution < 1.29 is 9.59 Å². The summed E-state index contributed by atoms with van der Waals surface area (Å²) in [4.78, 5) is 33.7. The van der Waals surface area contributed by atoms with Crippen molar-refractivity contribution in [2.75, 3.05) is 26.2 Å². The van der Waals surface area contributed by atoms with E-state index in [0.717, 1.165) is 16.7 Å². The Bertz CT molecular complexity index is 986. The highest BCUT2D eigenvalue weighted by atomic mass is 16.2. The zero-order valence-electron chi connectivity index (χ0n) is 17.0. The lowest BCUT2D eigenvalue weighted by atomic mass is 9.96. The van der Waals surface area contributed by atoms with E-state index in [4.69, 9.17) is 0 Å². The fraction of sp³-hybridized carbons (Fsp3) is 0.304. The second-order valence-electron chi connectivity index (χ2n) is 7.48. The number of likely N-dealkylation sites (N-methyl/N-ethyl adjacent to an activating group) is 1. The summed E-state index contributed by atoms with van der Waals surface area (Å²) in [6, 6.07) is 13.8. The van der Waals surface area contributed by atoms with E-state index in [-0.39, 0.29) is 17.7 Å². The molecule has 0 radical (unpaired) electrons. The first-order valence-electron chi connectivity index (χ1n) is 10.2. The van der Waals surface area contributed by atoms with Gasteiger partial charge in [0.15, 0.2) is 0 Å². The molecule has 0 spiro atoms. The Balaban J connectivity index is 1.52. The molecule has 1 N–H and O–H groups in total. The summed E-state index contributed by atoms with van der Waals surface area (Å²) in [5, 5.41) is 6.61. The molecule has 1 saturated heterocycles. The minimum atomic E-state index is -0.274. The molecule has 1 aliphatic heterocycles. The van der Waals surface area contributed by atoms with Gasteiger partial charge >= 0.3 is 0 Å². The largest absolute Gasteiger partial charge is 0.341 e. The van der Waals surface area contributed by atoms with Crippen LogP contribution in [0.3, 0.4) is 0 Å². The molecular weight excluding hydrogens is 378 g/mol. The van der Waals surface area contributed by atoms with E-state index in [1.54, 1.807) is 23.4 Å². The first-order valence-corrected chi connectivity index (χ1v) is 10.2. The van der Waals surface area contributed by atoms with E-state index in [9.17, 15) is 9.59 Å². The van der Waals surface area contributed by atoms with Crippen LogP contribution in [0.2, 0.25) is 0 Å². The van der Waals surface area contributed by atoms with Crippen molar-refractivity contribution in [1.29, 1.82) is 0 Å². The topological polar surface area (TPSA) is 82.2 Å². The molecule has 2 amide bonds. The lowest BCUT2D eigenvalue weighted by Crippen LogP contribution is -2.38. The number of hydrogen-bond donors (Lipinski definition) is 1. The molecule has 1 atom stereocenters.